The Morgan fingerprint density at radius 3 is 2.64 bits per heavy atom. The quantitative estimate of drug-likeness (QED) is 0.441. The highest BCUT2D eigenvalue weighted by Crippen LogP contribution is 2.31. The molecule has 0 fully saturated rings. The molecule has 9 nitrogen and oxygen atoms in total. The summed E-state index contributed by atoms with van der Waals surface area (Å²) < 4.78 is 59.0. The van der Waals surface area contributed by atoms with Crippen LogP contribution in [-0.4, -0.2) is 40.7 Å². The van der Waals surface area contributed by atoms with Crippen molar-refractivity contribution in [3.8, 4) is 11.3 Å². The van der Waals surface area contributed by atoms with Crippen LogP contribution in [0.15, 0.2) is 48.0 Å². The van der Waals surface area contributed by atoms with Crippen LogP contribution in [0.4, 0.5) is 14.5 Å². The van der Waals surface area contributed by atoms with Crippen LogP contribution in [0.3, 0.4) is 0 Å². The number of sulfonamides is 1. The zero-order valence-corrected chi connectivity index (χ0v) is 18.7. The van der Waals surface area contributed by atoms with Gasteiger partial charge in [-0.1, -0.05) is 11.6 Å². The van der Waals surface area contributed by atoms with Gasteiger partial charge in [-0.05, 0) is 25.1 Å². The second kappa shape index (κ2) is 8.37. The van der Waals surface area contributed by atoms with Crippen molar-refractivity contribution in [1.82, 2.24) is 24.7 Å². The molecule has 0 bridgehead atoms. The Morgan fingerprint density at radius 2 is 1.91 bits per heavy atom. The molecule has 13 heteroatoms. The monoisotopic (exact) mass is 492 g/mol. The highest BCUT2D eigenvalue weighted by atomic mass is 35.5. The molecule has 0 aliphatic heterocycles. The van der Waals surface area contributed by atoms with E-state index >= 15 is 4.39 Å². The molecule has 0 saturated heterocycles. The fourth-order valence-electron chi connectivity index (χ4n) is 3.15. The van der Waals surface area contributed by atoms with E-state index in [1.807, 2.05) is 0 Å². The van der Waals surface area contributed by atoms with E-state index in [1.165, 1.54) is 49.4 Å². The molecule has 1 amide bonds. The third-order valence-corrected chi connectivity index (χ3v) is 6.44. The number of carbonyl (C=O) groups is 1. The molecule has 0 saturated carbocycles. The third-order valence-electron chi connectivity index (χ3n) is 4.75. The molecule has 0 atom stereocenters. The van der Waals surface area contributed by atoms with Crippen LogP contribution in [0.1, 0.15) is 16.2 Å². The molecule has 3 aromatic heterocycles. The van der Waals surface area contributed by atoms with Gasteiger partial charge in [-0.3, -0.25) is 19.5 Å². The van der Waals surface area contributed by atoms with E-state index in [0.29, 0.717) is 5.52 Å². The number of pyridine rings is 1. The van der Waals surface area contributed by atoms with Crippen molar-refractivity contribution >= 4 is 38.7 Å². The first-order valence-corrected chi connectivity index (χ1v) is 11.2. The first kappa shape index (κ1) is 22.6. The van der Waals surface area contributed by atoms with Gasteiger partial charge in [0.15, 0.2) is 11.5 Å². The van der Waals surface area contributed by atoms with Gasteiger partial charge in [0.05, 0.1) is 39.4 Å². The molecule has 1 aromatic carbocycles. The van der Waals surface area contributed by atoms with E-state index in [9.17, 15) is 17.6 Å². The highest BCUT2D eigenvalue weighted by Gasteiger charge is 2.24. The Morgan fingerprint density at radius 1 is 1.15 bits per heavy atom. The Kier molecular flexibility index (Phi) is 5.72. The number of aromatic nitrogens is 4. The van der Waals surface area contributed by atoms with Crippen LogP contribution in [-0.2, 0) is 10.0 Å². The molecule has 0 aliphatic rings. The number of anilines is 1. The minimum Gasteiger partial charge on any atom is -0.354 e. The second-order valence-electron chi connectivity index (χ2n) is 6.86. The van der Waals surface area contributed by atoms with Crippen LogP contribution in [0.25, 0.3) is 16.8 Å². The summed E-state index contributed by atoms with van der Waals surface area (Å²) in [6.07, 6.45) is 5.09. The second-order valence-corrected chi connectivity index (χ2v) is 8.95. The molecule has 3 heterocycles. The molecular weight excluding hydrogens is 478 g/mol. The molecule has 170 valence electrons. The Hall–Kier alpha value is -3.64. The molecule has 2 N–H and O–H groups in total. The smallest absolute Gasteiger partial charge is 0.271 e. The van der Waals surface area contributed by atoms with Gasteiger partial charge in [-0.15, -0.1) is 0 Å². The van der Waals surface area contributed by atoms with Gasteiger partial charge < -0.3 is 9.72 Å². The number of imidazole rings is 1. The van der Waals surface area contributed by atoms with Gasteiger partial charge in [0.2, 0.25) is 0 Å². The zero-order chi connectivity index (χ0) is 23.9. The van der Waals surface area contributed by atoms with Gasteiger partial charge in [0.1, 0.15) is 17.0 Å². The molecule has 33 heavy (non-hydrogen) atoms. The van der Waals surface area contributed by atoms with Gasteiger partial charge in [-0.2, -0.15) is 0 Å². The van der Waals surface area contributed by atoms with Crippen molar-refractivity contribution in [3.63, 3.8) is 0 Å². The predicted octanol–water partition coefficient (Wildman–Crippen LogP) is 3.19. The summed E-state index contributed by atoms with van der Waals surface area (Å²) >= 11 is 5.84. The average Bonchev–Trinajstić information content (AvgIpc) is 3.20. The van der Waals surface area contributed by atoms with Gasteiger partial charge >= 0.3 is 0 Å². The Labute approximate surface area is 191 Å². The average molecular weight is 493 g/mol. The van der Waals surface area contributed by atoms with Crippen LogP contribution < -0.4 is 10.0 Å². The van der Waals surface area contributed by atoms with Crippen molar-refractivity contribution in [3.05, 3.63) is 71.2 Å². The van der Waals surface area contributed by atoms with E-state index in [2.05, 4.69) is 25.0 Å². The number of benzene rings is 1. The van der Waals surface area contributed by atoms with E-state index < -0.39 is 38.8 Å². The van der Waals surface area contributed by atoms with Crippen molar-refractivity contribution < 1.29 is 22.0 Å². The summed E-state index contributed by atoms with van der Waals surface area (Å²) in [5.41, 5.74) is -0.643. The molecule has 0 spiro atoms. The van der Waals surface area contributed by atoms with Gasteiger partial charge in [-0.25, -0.2) is 22.2 Å². The summed E-state index contributed by atoms with van der Waals surface area (Å²) in [6, 6.07) is 3.04. The summed E-state index contributed by atoms with van der Waals surface area (Å²) in [6.45, 7) is 1.45. The number of halogens is 3. The SMILES string of the molecule is CNC(=O)c1ncn2cc(-c3c(F)ccc(NS(=O)(=O)c4cc(Cl)cnc4C)c3F)ncc12. The number of nitrogens with zero attached hydrogens (tertiary/aromatic N) is 4. The van der Waals surface area contributed by atoms with Crippen molar-refractivity contribution in [2.24, 2.45) is 0 Å². The lowest BCUT2D eigenvalue weighted by molar-refractivity contribution is 0.0960. The molecule has 0 radical (unpaired) electrons. The van der Waals surface area contributed by atoms with E-state index in [-0.39, 0.29) is 27.0 Å². The number of nitrogens with one attached hydrogen (secondary N) is 2. The number of hydrogen-bond donors (Lipinski definition) is 2. The summed E-state index contributed by atoms with van der Waals surface area (Å²) in [4.78, 5) is 23.5. The lowest BCUT2D eigenvalue weighted by atomic mass is 10.1. The number of rotatable bonds is 5. The fraction of sp³-hybridized carbons (Fsp3) is 0.100. The van der Waals surface area contributed by atoms with Gasteiger partial charge in [0, 0.05) is 19.4 Å². The number of fused-ring (bicyclic) bond motifs is 1. The zero-order valence-electron chi connectivity index (χ0n) is 17.1. The molecular formula is C20H15ClF2N6O3S. The minimum atomic E-state index is -4.28. The maximum atomic E-state index is 15.3. The number of amides is 1. The van der Waals surface area contributed by atoms with Crippen LogP contribution >= 0.6 is 11.6 Å². The summed E-state index contributed by atoms with van der Waals surface area (Å²) in [5, 5.41) is 2.51. The lowest BCUT2D eigenvalue weighted by Gasteiger charge is -2.13. The summed E-state index contributed by atoms with van der Waals surface area (Å²) in [7, 11) is -2.85. The van der Waals surface area contributed by atoms with Crippen molar-refractivity contribution in [1.29, 1.82) is 0 Å². The number of hydrogen-bond acceptors (Lipinski definition) is 6. The Bertz CT molecular complexity index is 1520. The molecule has 4 rings (SSSR count). The normalized spacial score (nSPS) is 11.5. The maximum Gasteiger partial charge on any atom is 0.271 e. The number of aryl methyl sites for hydroxylation is 1. The fourth-order valence-corrected chi connectivity index (χ4v) is 4.65. The van der Waals surface area contributed by atoms with E-state index in [4.69, 9.17) is 11.6 Å². The molecule has 4 aromatic rings. The third kappa shape index (κ3) is 4.10. The van der Waals surface area contributed by atoms with Crippen LogP contribution in [0.2, 0.25) is 5.02 Å². The first-order chi connectivity index (χ1) is 15.6. The van der Waals surface area contributed by atoms with E-state index in [1.54, 1.807) is 0 Å². The predicted molar refractivity (Wildman–Crippen MR) is 117 cm³/mol. The van der Waals surface area contributed by atoms with Crippen LogP contribution in [0, 0.1) is 18.6 Å². The van der Waals surface area contributed by atoms with Crippen molar-refractivity contribution in [2.75, 3.05) is 11.8 Å². The van der Waals surface area contributed by atoms with Gasteiger partial charge in [0.25, 0.3) is 15.9 Å². The maximum absolute atomic E-state index is 15.3. The van der Waals surface area contributed by atoms with Crippen LogP contribution in [0.5, 0.6) is 0 Å². The molecule has 0 unspecified atom stereocenters. The Balaban J connectivity index is 1.78. The largest absolute Gasteiger partial charge is 0.354 e. The molecule has 0 aliphatic carbocycles. The first-order valence-electron chi connectivity index (χ1n) is 9.30. The topological polar surface area (TPSA) is 118 Å². The van der Waals surface area contributed by atoms with Crippen molar-refractivity contribution in [2.45, 2.75) is 11.8 Å². The number of carbonyl (C=O) groups excluding carboxylic acids is 1. The van der Waals surface area contributed by atoms with E-state index in [0.717, 1.165) is 12.1 Å². The lowest BCUT2D eigenvalue weighted by Crippen LogP contribution is -2.18. The minimum absolute atomic E-state index is 0.0789. The standard InChI is InChI=1S/C20H15ClF2N6O3S/c1-10-16(5-11(21)6-25-10)33(31,32)28-13-4-3-12(22)17(18(13)23)14-8-29-9-27-19(20(30)24-2)15(29)7-26-14/h3-9,28H,1-2H3,(H,24,30). The summed E-state index contributed by atoms with van der Waals surface area (Å²) in [5.74, 6) is -2.59. The highest BCUT2D eigenvalue weighted by molar-refractivity contribution is 7.92.